The first-order chi connectivity index (χ1) is 8.60. The summed E-state index contributed by atoms with van der Waals surface area (Å²) < 4.78 is 4.95. The lowest BCUT2D eigenvalue weighted by molar-refractivity contribution is -0.385. The van der Waals surface area contributed by atoms with Gasteiger partial charge in [-0.3, -0.25) is 15.0 Å². The minimum atomic E-state index is -0.443. The molecule has 0 amide bonds. The van der Waals surface area contributed by atoms with E-state index < -0.39 is 4.92 Å². The van der Waals surface area contributed by atoms with Gasteiger partial charge in [-0.1, -0.05) is 6.07 Å². The first kappa shape index (κ1) is 12.8. The van der Waals surface area contributed by atoms with Crippen molar-refractivity contribution in [2.75, 3.05) is 20.2 Å². The molecule has 0 aromatic heterocycles. The topological polar surface area (TPSA) is 75.8 Å². The van der Waals surface area contributed by atoms with Crippen LogP contribution in [0.15, 0.2) is 18.2 Å². The van der Waals surface area contributed by atoms with Crippen LogP contribution in [0.1, 0.15) is 12.0 Å². The Labute approximate surface area is 105 Å². The summed E-state index contributed by atoms with van der Waals surface area (Å²) in [6.45, 7) is 2.06. The van der Waals surface area contributed by atoms with E-state index in [1.165, 1.54) is 13.2 Å². The molecule has 0 unspecified atom stereocenters. The number of β-amino-alcohol motifs (C(OH)–C–C–N with tert-alkyl or cyclic N) is 1. The van der Waals surface area contributed by atoms with E-state index in [2.05, 4.69) is 4.90 Å². The maximum Gasteiger partial charge on any atom is 0.311 e. The maximum absolute atomic E-state index is 10.9. The lowest BCUT2D eigenvalue weighted by Crippen LogP contribution is -2.21. The number of hydrogen-bond acceptors (Lipinski definition) is 5. The summed E-state index contributed by atoms with van der Waals surface area (Å²) in [6.07, 6.45) is 0.483. The SMILES string of the molecule is COc1ccc(CN2CC[C@H](O)C2)cc1[N+](=O)[O-]. The summed E-state index contributed by atoms with van der Waals surface area (Å²) >= 11 is 0. The molecule has 18 heavy (non-hydrogen) atoms. The van der Waals surface area contributed by atoms with Gasteiger partial charge < -0.3 is 9.84 Å². The second-order valence-corrected chi connectivity index (χ2v) is 4.44. The molecule has 1 aliphatic rings. The van der Waals surface area contributed by atoms with Crippen LogP contribution in [0.2, 0.25) is 0 Å². The number of likely N-dealkylation sites (tertiary alicyclic amines) is 1. The van der Waals surface area contributed by atoms with E-state index in [-0.39, 0.29) is 17.5 Å². The number of hydrogen-bond donors (Lipinski definition) is 1. The van der Waals surface area contributed by atoms with Crippen molar-refractivity contribution in [1.29, 1.82) is 0 Å². The molecule has 1 aliphatic heterocycles. The van der Waals surface area contributed by atoms with Crippen molar-refractivity contribution in [2.45, 2.75) is 19.1 Å². The highest BCUT2D eigenvalue weighted by Crippen LogP contribution is 2.28. The molecule has 1 aromatic carbocycles. The largest absolute Gasteiger partial charge is 0.490 e. The van der Waals surface area contributed by atoms with Crippen LogP contribution in [0, 0.1) is 10.1 Å². The molecule has 1 atom stereocenters. The highest BCUT2D eigenvalue weighted by molar-refractivity contribution is 5.48. The van der Waals surface area contributed by atoms with Crippen LogP contribution >= 0.6 is 0 Å². The minimum Gasteiger partial charge on any atom is -0.490 e. The van der Waals surface area contributed by atoms with Gasteiger partial charge in [0.1, 0.15) is 0 Å². The molecule has 98 valence electrons. The normalized spacial score (nSPS) is 20.0. The van der Waals surface area contributed by atoms with Crippen LogP contribution in [0.3, 0.4) is 0 Å². The van der Waals surface area contributed by atoms with Crippen LogP contribution in [0.4, 0.5) is 5.69 Å². The van der Waals surface area contributed by atoms with Crippen molar-refractivity contribution in [3.05, 3.63) is 33.9 Å². The molecule has 1 N–H and O–H groups in total. The fourth-order valence-electron chi connectivity index (χ4n) is 2.19. The van der Waals surface area contributed by atoms with Gasteiger partial charge in [0.2, 0.25) is 0 Å². The number of aliphatic hydroxyl groups excluding tert-OH is 1. The monoisotopic (exact) mass is 252 g/mol. The molecule has 6 nitrogen and oxygen atoms in total. The molecule has 1 aromatic rings. The summed E-state index contributed by atoms with van der Waals surface area (Å²) in [5, 5.41) is 20.3. The van der Waals surface area contributed by atoms with Crippen LogP contribution in [-0.2, 0) is 6.54 Å². The van der Waals surface area contributed by atoms with Gasteiger partial charge in [0.15, 0.2) is 5.75 Å². The van der Waals surface area contributed by atoms with Crippen molar-refractivity contribution in [1.82, 2.24) is 4.90 Å². The van der Waals surface area contributed by atoms with Gasteiger partial charge in [-0.25, -0.2) is 0 Å². The van der Waals surface area contributed by atoms with Gasteiger partial charge in [-0.15, -0.1) is 0 Å². The fourth-order valence-corrected chi connectivity index (χ4v) is 2.19. The van der Waals surface area contributed by atoms with Gasteiger partial charge >= 0.3 is 5.69 Å². The number of nitro benzene ring substituents is 1. The van der Waals surface area contributed by atoms with Gasteiger partial charge in [-0.2, -0.15) is 0 Å². The highest BCUT2D eigenvalue weighted by Gasteiger charge is 2.21. The van der Waals surface area contributed by atoms with Crippen molar-refractivity contribution in [3.63, 3.8) is 0 Å². The third-order valence-corrected chi connectivity index (χ3v) is 3.09. The van der Waals surface area contributed by atoms with Crippen LogP contribution in [-0.4, -0.2) is 41.2 Å². The van der Waals surface area contributed by atoms with E-state index in [1.54, 1.807) is 6.07 Å². The van der Waals surface area contributed by atoms with Crippen LogP contribution in [0.5, 0.6) is 5.75 Å². The van der Waals surface area contributed by atoms with Gasteiger partial charge in [0.25, 0.3) is 0 Å². The molecule has 0 bridgehead atoms. The van der Waals surface area contributed by atoms with E-state index in [1.807, 2.05) is 6.07 Å². The molecular weight excluding hydrogens is 236 g/mol. The molecule has 1 heterocycles. The van der Waals surface area contributed by atoms with Gasteiger partial charge in [0.05, 0.1) is 18.1 Å². The smallest absolute Gasteiger partial charge is 0.311 e. The Kier molecular flexibility index (Phi) is 3.78. The molecule has 2 rings (SSSR count). The highest BCUT2D eigenvalue weighted by atomic mass is 16.6. The Bertz CT molecular complexity index is 450. The number of rotatable bonds is 4. The molecular formula is C12H16N2O4. The summed E-state index contributed by atoms with van der Waals surface area (Å²) in [6, 6.07) is 4.96. The summed E-state index contributed by atoms with van der Waals surface area (Å²) in [7, 11) is 1.42. The zero-order chi connectivity index (χ0) is 13.1. The summed E-state index contributed by atoms with van der Waals surface area (Å²) in [5.74, 6) is 0.269. The van der Waals surface area contributed by atoms with Crippen molar-refractivity contribution in [3.8, 4) is 5.75 Å². The van der Waals surface area contributed by atoms with Crippen LogP contribution < -0.4 is 4.74 Å². The van der Waals surface area contributed by atoms with Gasteiger partial charge in [-0.05, 0) is 18.1 Å². The van der Waals surface area contributed by atoms with Crippen molar-refractivity contribution < 1.29 is 14.8 Å². The van der Waals surface area contributed by atoms with E-state index in [0.29, 0.717) is 13.1 Å². The fraction of sp³-hybridized carbons (Fsp3) is 0.500. The first-order valence-corrected chi connectivity index (χ1v) is 5.82. The molecule has 6 heteroatoms. The summed E-state index contributed by atoms with van der Waals surface area (Å²) in [4.78, 5) is 12.5. The average molecular weight is 252 g/mol. The van der Waals surface area contributed by atoms with Crippen molar-refractivity contribution >= 4 is 5.69 Å². The Morgan fingerprint density at radius 2 is 2.39 bits per heavy atom. The second-order valence-electron chi connectivity index (χ2n) is 4.44. The predicted molar refractivity (Wildman–Crippen MR) is 65.5 cm³/mol. The lowest BCUT2D eigenvalue weighted by atomic mass is 10.2. The number of methoxy groups -OCH3 is 1. The molecule has 1 fully saturated rings. The molecule has 0 radical (unpaired) electrons. The van der Waals surface area contributed by atoms with Crippen LogP contribution in [0.25, 0.3) is 0 Å². The number of nitrogens with zero attached hydrogens (tertiary/aromatic N) is 2. The van der Waals surface area contributed by atoms with Gasteiger partial charge in [0, 0.05) is 25.7 Å². The molecule has 0 aliphatic carbocycles. The zero-order valence-electron chi connectivity index (χ0n) is 10.2. The second kappa shape index (κ2) is 5.32. The van der Waals surface area contributed by atoms with E-state index >= 15 is 0 Å². The lowest BCUT2D eigenvalue weighted by Gasteiger charge is -2.15. The number of ether oxygens (including phenoxy) is 1. The Balaban J connectivity index is 2.14. The maximum atomic E-state index is 10.9. The third-order valence-electron chi connectivity index (χ3n) is 3.09. The predicted octanol–water partition coefficient (Wildman–Crippen LogP) is 1.17. The average Bonchev–Trinajstić information content (AvgIpc) is 2.74. The number of nitro groups is 1. The molecule has 1 saturated heterocycles. The standard InChI is InChI=1S/C12H16N2O4/c1-18-12-3-2-9(6-11(12)14(16)17)7-13-5-4-10(15)8-13/h2-3,6,10,15H,4-5,7-8H2,1H3/t10-/m0/s1. The summed E-state index contributed by atoms with van der Waals surface area (Å²) in [5.41, 5.74) is 0.839. The number of aliphatic hydroxyl groups is 1. The Hall–Kier alpha value is -1.66. The van der Waals surface area contributed by atoms with E-state index in [9.17, 15) is 15.2 Å². The van der Waals surface area contributed by atoms with E-state index in [4.69, 9.17) is 4.74 Å². The quantitative estimate of drug-likeness (QED) is 0.643. The Morgan fingerprint density at radius 3 is 2.94 bits per heavy atom. The number of benzene rings is 1. The molecule has 0 saturated carbocycles. The van der Waals surface area contributed by atoms with E-state index in [0.717, 1.165) is 18.5 Å². The minimum absolute atomic E-state index is 0.0188. The molecule has 0 spiro atoms. The third kappa shape index (κ3) is 2.77. The zero-order valence-corrected chi connectivity index (χ0v) is 10.2. The van der Waals surface area contributed by atoms with Crippen molar-refractivity contribution in [2.24, 2.45) is 0 Å². The first-order valence-electron chi connectivity index (χ1n) is 5.82. The Morgan fingerprint density at radius 1 is 1.61 bits per heavy atom.